The fourth-order valence-corrected chi connectivity index (χ4v) is 4.22. The number of rotatable bonds is 3. The van der Waals surface area contributed by atoms with Crippen LogP contribution in [0.4, 0.5) is 0 Å². The first-order valence-corrected chi connectivity index (χ1v) is 8.76. The van der Waals surface area contributed by atoms with Gasteiger partial charge in [-0.1, -0.05) is 6.92 Å². The molecule has 1 N–H and O–H groups in total. The highest BCUT2D eigenvalue weighted by Crippen LogP contribution is 2.32. The smallest absolute Gasteiger partial charge is 0.308 e. The fraction of sp³-hybridized carbons (Fsp3) is 0.824. The highest BCUT2D eigenvalue weighted by Gasteiger charge is 2.42. The van der Waals surface area contributed by atoms with Crippen molar-refractivity contribution in [3.63, 3.8) is 0 Å². The Morgan fingerprint density at radius 3 is 2.35 bits per heavy atom. The highest BCUT2D eigenvalue weighted by atomic mass is 16.4. The maximum absolute atomic E-state index is 12.6. The van der Waals surface area contributed by atoms with Gasteiger partial charge in [0, 0.05) is 32.1 Å². The molecule has 0 aromatic rings. The van der Waals surface area contributed by atoms with Gasteiger partial charge in [0.05, 0.1) is 11.8 Å². The molecular formula is C17H26N2O4. The largest absolute Gasteiger partial charge is 0.481 e. The second-order valence-electron chi connectivity index (χ2n) is 7.47. The molecule has 6 nitrogen and oxygen atoms in total. The number of carboxylic acids is 1. The lowest BCUT2D eigenvalue weighted by atomic mass is 9.86. The highest BCUT2D eigenvalue weighted by molar-refractivity contribution is 5.90. The van der Waals surface area contributed by atoms with Crippen LogP contribution < -0.4 is 0 Å². The number of likely N-dealkylation sites (tertiary alicyclic amines) is 2. The van der Waals surface area contributed by atoms with E-state index in [1.807, 2.05) is 4.90 Å². The monoisotopic (exact) mass is 322 g/mol. The molecule has 23 heavy (non-hydrogen) atoms. The summed E-state index contributed by atoms with van der Waals surface area (Å²) in [6, 6.07) is 0.293. The molecule has 2 heterocycles. The van der Waals surface area contributed by atoms with Gasteiger partial charge in [0.1, 0.15) is 0 Å². The van der Waals surface area contributed by atoms with Crippen LogP contribution in [0, 0.1) is 17.8 Å². The Bertz CT molecular complexity index is 499. The molecule has 2 aliphatic heterocycles. The summed E-state index contributed by atoms with van der Waals surface area (Å²) in [5.74, 6) is -0.772. The average Bonchev–Trinajstić information content (AvgIpc) is 3.14. The fourth-order valence-electron chi connectivity index (χ4n) is 4.22. The van der Waals surface area contributed by atoms with E-state index in [1.165, 1.54) is 0 Å². The molecule has 3 fully saturated rings. The number of aliphatic carboxylic acids is 1. The molecule has 0 aromatic heterocycles. The van der Waals surface area contributed by atoms with Crippen LogP contribution in [0.1, 0.15) is 45.4 Å². The first-order valence-electron chi connectivity index (χ1n) is 8.76. The summed E-state index contributed by atoms with van der Waals surface area (Å²) >= 11 is 0. The molecule has 3 aliphatic rings. The Hall–Kier alpha value is -1.59. The summed E-state index contributed by atoms with van der Waals surface area (Å²) < 4.78 is 0. The van der Waals surface area contributed by atoms with Gasteiger partial charge in [-0.2, -0.15) is 0 Å². The number of carbonyl (C=O) groups excluding carboxylic acids is 2. The number of hydrogen-bond acceptors (Lipinski definition) is 3. The molecule has 0 spiro atoms. The summed E-state index contributed by atoms with van der Waals surface area (Å²) in [5.41, 5.74) is 0. The zero-order valence-corrected chi connectivity index (χ0v) is 13.7. The van der Waals surface area contributed by atoms with E-state index in [0.717, 1.165) is 31.6 Å². The average molecular weight is 322 g/mol. The van der Waals surface area contributed by atoms with Crippen LogP contribution in [0.25, 0.3) is 0 Å². The maximum Gasteiger partial charge on any atom is 0.308 e. The van der Waals surface area contributed by atoms with Gasteiger partial charge in [-0.25, -0.2) is 0 Å². The van der Waals surface area contributed by atoms with Crippen molar-refractivity contribution in [3.05, 3.63) is 0 Å². The number of hydrogen-bond donors (Lipinski definition) is 1. The lowest BCUT2D eigenvalue weighted by Crippen LogP contribution is -2.40. The van der Waals surface area contributed by atoms with Crippen LogP contribution in [0.5, 0.6) is 0 Å². The van der Waals surface area contributed by atoms with Gasteiger partial charge >= 0.3 is 5.97 Å². The van der Waals surface area contributed by atoms with E-state index < -0.39 is 11.9 Å². The predicted octanol–water partition coefficient (Wildman–Crippen LogP) is 1.35. The molecule has 2 atom stereocenters. The predicted molar refractivity (Wildman–Crippen MR) is 83.6 cm³/mol. The quantitative estimate of drug-likeness (QED) is 0.851. The van der Waals surface area contributed by atoms with Crippen LogP contribution >= 0.6 is 0 Å². The summed E-state index contributed by atoms with van der Waals surface area (Å²) in [5, 5.41) is 9.05. The zero-order chi connectivity index (χ0) is 16.6. The Morgan fingerprint density at radius 2 is 1.74 bits per heavy atom. The van der Waals surface area contributed by atoms with E-state index in [9.17, 15) is 14.4 Å². The van der Waals surface area contributed by atoms with Crippen molar-refractivity contribution in [1.29, 1.82) is 0 Å². The van der Waals surface area contributed by atoms with E-state index in [-0.39, 0.29) is 17.7 Å². The number of carbonyl (C=O) groups is 3. The van der Waals surface area contributed by atoms with Crippen molar-refractivity contribution in [2.45, 2.75) is 51.5 Å². The lowest BCUT2D eigenvalue weighted by Gasteiger charge is -2.33. The molecular weight excluding hydrogens is 296 g/mol. The van der Waals surface area contributed by atoms with Gasteiger partial charge in [-0.05, 0) is 38.0 Å². The first-order chi connectivity index (χ1) is 11.0. The summed E-state index contributed by atoms with van der Waals surface area (Å²) in [6.45, 7) is 3.56. The molecule has 1 saturated carbocycles. The second kappa shape index (κ2) is 6.49. The van der Waals surface area contributed by atoms with Crippen molar-refractivity contribution in [2.75, 3.05) is 19.6 Å². The van der Waals surface area contributed by atoms with E-state index >= 15 is 0 Å². The number of nitrogens with zero attached hydrogens (tertiary/aromatic N) is 2. The van der Waals surface area contributed by atoms with Crippen LogP contribution in [0.3, 0.4) is 0 Å². The molecule has 0 aromatic carbocycles. The van der Waals surface area contributed by atoms with Crippen LogP contribution in [0.2, 0.25) is 0 Å². The number of amides is 2. The molecule has 2 amide bonds. The van der Waals surface area contributed by atoms with Crippen LogP contribution in [0.15, 0.2) is 0 Å². The van der Waals surface area contributed by atoms with Crippen molar-refractivity contribution in [1.82, 2.24) is 9.80 Å². The Balaban J connectivity index is 1.57. The van der Waals surface area contributed by atoms with Gasteiger partial charge in [-0.15, -0.1) is 0 Å². The molecule has 0 bridgehead atoms. The third-order valence-electron chi connectivity index (χ3n) is 5.78. The summed E-state index contributed by atoms with van der Waals surface area (Å²) in [6.07, 6.45) is 5.20. The van der Waals surface area contributed by atoms with Gasteiger partial charge in [0.25, 0.3) is 0 Å². The zero-order valence-electron chi connectivity index (χ0n) is 13.7. The summed E-state index contributed by atoms with van der Waals surface area (Å²) in [4.78, 5) is 39.5. The van der Waals surface area contributed by atoms with Crippen molar-refractivity contribution >= 4 is 17.8 Å². The van der Waals surface area contributed by atoms with E-state index in [4.69, 9.17) is 5.11 Å². The van der Waals surface area contributed by atoms with E-state index in [0.29, 0.717) is 38.5 Å². The third kappa shape index (κ3) is 3.35. The molecule has 3 rings (SSSR count). The van der Waals surface area contributed by atoms with Gasteiger partial charge < -0.3 is 14.9 Å². The SMILES string of the molecule is CC1CCC(N2C[C@@H](C(=O)N3CC[C@H](C(=O)O)C3)CC2=O)CC1. The van der Waals surface area contributed by atoms with Crippen molar-refractivity contribution in [3.8, 4) is 0 Å². The first kappa shape index (κ1) is 16.3. The molecule has 128 valence electrons. The van der Waals surface area contributed by atoms with Gasteiger partial charge in [0.2, 0.25) is 11.8 Å². The third-order valence-corrected chi connectivity index (χ3v) is 5.78. The molecule has 1 aliphatic carbocycles. The Morgan fingerprint density at radius 1 is 1.04 bits per heavy atom. The minimum Gasteiger partial charge on any atom is -0.481 e. The van der Waals surface area contributed by atoms with E-state index in [1.54, 1.807) is 4.90 Å². The van der Waals surface area contributed by atoms with Crippen LogP contribution in [-0.4, -0.2) is 58.4 Å². The topological polar surface area (TPSA) is 77.9 Å². The maximum atomic E-state index is 12.6. The minimum atomic E-state index is -0.833. The molecule has 0 radical (unpaired) electrons. The Labute approximate surface area is 136 Å². The molecule has 0 unspecified atom stereocenters. The minimum absolute atomic E-state index is 0.0335. The lowest BCUT2D eigenvalue weighted by molar-refractivity contribution is -0.141. The van der Waals surface area contributed by atoms with Crippen molar-refractivity contribution in [2.24, 2.45) is 17.8 Å². The van der Waals surface area contributed by atoms with Crippen LogP contribution in [-0.2, 0) is 14.4 Å². The van der Waals surface area contributed by atoms with Gasteiger partial charge in [0.15, 0.2) is 0 Å². The van der Waals surface area contributed by atoms with Gasteiger partial charge in [-0.3, -0.25) is 14.4 Å². The molecule has 2 saturated heterocycles. The second-order valence-corrected chi connectivity index (χ2v) is 7.47. The molecule has 6 heteroatoms. The normalized spacial score (nSPS) is 34.9. The number of carboxylic acid groups (broad SMARTS) is 1. The summed E-state index contributed by atoms with van der Waals surface area (Å²) in [7, 11) is 0. The van der Waals surface area contributed by atoms with Crippen molar-refractivity contribution < 1.29 is 19.5 Å². The Kier molecular flexibility index (Phi) is 4.60. The standard InChI is InChI=1S/C17H26N2O4/c1-11-2-4-14(5-3-11)19-10-13(8-15(19)20)16(21)18-7-6-12(9-18)17(22)23/h11-14H,2-10H2,1H3,(H,22,23)/t11?,12-,13-,14?/m0/s1. The van der Waals surface area contributed by atoms with E-state index in [2.05, 4.69) is 6.92 Å².